The first kappa shape index (κ1) is 27.1. The normalized spacial score (nSPS) is 10.5. The Balaban J connectivity index is -0.000000283. The Morgan fingerprint density at radius 3 is 1.29 bits per heavy atom. The van der Waals surface area contributed by atoms with E-state index in [0.29, 0.717) is 38.9 Å². The summed E-state index contributed by atoms with van der Waals surface area (Å²) in [6, 6.07) is -0.716. The van der Waals surface area contributed by atoms with Gasteiger partial charge in [-0.2, -0.15) is 0 Å². The standard InChI is InChI=1S/C6H14N2O2.2C4H9NO2/c7-4-2-1-3-5(8)6(9)10;2*5-3-1-2-4(6)7/h5H,1-4,7-8H2,(H,9,10);2*1-3,5H2,(H,6,7). The predicted molar refractivity (Wildman–Crippen MR) is 90.4 cm³/mol. The van der Waals surface area contributed by atoms with Crippen LogP contribution in [0, 0.1) is 0 Å². The summed E-state index contributed by atoms with van der Waals surface area (Å²) in [4.78, 5) is 29.5. The Kier molecular flexibility index (Phi) is 24.0. The molecule has 0 bridgehead atoms. The first-order valence-electron chi connectivity index (χ1n) is 7.75. The summed E-state index contributed by atoms with van der Waals surface area (Å²) < 4.78 is 0. The molecule has 0 aromatic rings. The van der Waals surface area contributed by atoms with Crippen LogP contribution in [0.2, 0.25) is 0 Å². The summed E-state index contributed by atoms with van der Waals surface area (Å²) in [6.07, 6.45) is 3.70. The fraction of sp³-hybridized carbons (Fsp3) is 0.786. The first-order chi connectivity index (χ1) is 11.2. The first-order valence-corrected chi connectivity index (χ1v) is 7.75. The summed E-state index contributed by atoms with van der Waals surface area (Å²) in [5.41, 5.74) is 20.4. The maximum absolute atomic E-state index is 10.1. The second-order valence-corrected chi connectivity index (χ2v) is 4.80. The van der Waals surface area contributed by atoms with Crippen molar-refractivity contribution in [3.63, 3.8) is 0 Å². The zero-order valence-electron chi connectivity index (χ0n) is 14.0. The van der Waals surface area contributed by atoms with Crippen molar-refractivity contribution in [1.29, 1.82) is 0 Å². The zero-order chi connectivity index (χ0) is 19.4. The third-order valence-electron chi connectivity index (χ3n) is 2.48. The van der Waals surface area contributed by atoms with Gasteiger partial charge in [-0.3, -0.25) is 14.4 Å². The Hall–Kier alpha value is -1.75. The lowest BCUT2D eigenvalue weighted by atomic mass is 10.1. The van der Waals surface area contributed by atoms with E-state index in [1.165, 1.54) is 0 Å². The highest BCUT2D eigenvalue weighted by Crippen LogP contribution is 1.96. The smallest absolute Gasteiger partial charge is 0.320 e. The predicted octanol–water partition coefficient (Wildman–Crippen LogP) is -0.853. The van der Waals surface area contributed by atoms with Gasteiger partial charge in [0.2, 0.25) is 0 Å². The van der Waals surface area contributed by atoms with Crippen LogP contribution in [0.25, 0.3) is 0 Å². The largest absolute Gasteiger partial charge is 0.481 e. The Morgan fingerprint density at radius 1 is 0.708 bits per heavy atom. The number of hydrogen-bond donors (Lipinski definition) is 7. The molecule has 10 heteroatoms. The number of carbonyl (C=O) groups is 3. The number of carboxylic acids is 3. The van der Waals surface area contributed by atoms with Gasteiger partial charge in [0.1, 0.15) is 6.04 Å². The molecular formula is C14H32N4O6. The van der Waals surface area contributed by atoms with E-state index in [0.717, 1.165) is 12.8 Å². The third kappa shape index (κ3) is 32.3. The number of hydrogen-bond acceptors (Lipinski definition) is 7. The van der Waals surface area contributed by atoms with Crippen LogP contribution in [0.15, 0.2) is 0 Å². The lowest BCUT2D eigenvalue weighted by molar-refractivity contribution is -0.139. The van der Waals surface area contributed by atoms with Gasteiger partial charge in [0.05, 0.1) is 0 Å². The van der Waals surface area contributed by atoms with Gasteiger partial charge >= 0.3 is 17.9 Å². The molecule has 24 heavy (non-hydrogen) atoms. The van der Waals surface area contributed by atoms with Crippen LogP contribution < -0.4 is 22.9 Å². The molecule has 1 unspecified atom stereocenters. The van der Waals surface area contributed by atoms with Gasteiger partial charge < -0.3 is 38.3 Å². The lowest BCUT2D eigenvalue weighted by Gasteiger charge is -2.03. The molecule has 11 N–H and O–H groups in total. The highest BCUT2D eigenvalue weighted by Gasteiger charge is 2.09. The van der Waals surface area contributed by atoms with Crippen molar-refractivity contribution in [1.82, 2.24) is 0 Å². The van der Waals surface area contributed by atoms with Crippen molar-refractivity contribution >= 4 is 17.9 Å². The number of nitrogens with two attached hydrogens (primary N) is 4. The molecule has 0 aliphatic heterocycles. The third-order valence-corrected chi connectivity index (χ3v) is 2.48. The second-order valence-electron chi connectivity index (χ2n) is 4.80. The van der Waals surface area contributed by atoms with Gasteiger partial charge in [-0.05, 0) is 45.3 Å². The molecule has 0 fully saturated rings. The van der Waals surface area contributed by atoms with E-state index in [2.05, 4.69) is 0 Å². The van der Waals surface area contributed by atoms with Crippen LogP contribution in [0.1, 0.15) is 44.9 Å². The molecule has 0 saturated heterocycles. The van der Waals surface area contributed by atoms with Gasteiger partial charge in [-0.1, -0.05) is 6.42 Å². The molecule has 1 atom stereocenters. The van der Waals surface area contributed by atoms with E-state index < -0.39 is 23.9 Å². The van der Waals surface area contributed by atoms with Crippen molar-refractivity contribution in [3.8, 4) is 0 Å². The fourth-order valence-electron chi connectivity index (χ4n) is 1.14. The van der Waals surface area contributed by atoms with E-state index in [1.807, 2.05) is 0 Å². The van der Waals surface area contributed by atoms with E-state index in [4.69, 9.17) is 38.3 Å². The average molecular weight is 352 g/mol. The van der Waals surface area contributed by atoms with Gasteiger partial charge in [-0.15, -0.1) is 0 Å². The maximum Gasteiger partial charge on any atom is 0.320 e. The number of unbranched alkanes of at least 4 members (excludes halogenated alkanes) is 1. The summed E-state index contributed by atoms with van der Waals surface area (Å²) in [7, 11) is 0. The SMILES string of the molecule is NCCCC(=O)O.NCCCC(=O)O.NCCCCC(N)C(=O)O. The summed E-state index contributed by atoms with van der Waals surface area (Å²) in [5, 5.41) is 24.3. The molecule has 0 radical (unpaired) electrons. The average Bonchev–Trinajstić information content (AvgIpc) is 2.52. The van der Waals surface area contributed by atoms with Gasteiger partial charge in [0, 0.05) is 12.8 Å². The van der Waals surface area contributed by atoms with Crippen molar-refractivity contribution < 1.29 is 29.7 Å². The number of aliphatic carboxylic acids is 3. The van der Waals surface area contributed by atoms with E-state index >= 15 is 0 Å². The van der Waals surface area contributed by atoms with Crippen LogP contribution in [-0.2, 0) is 14.4 Å². The van der Waals surface area contributed by atoms with E-state index in [-0.39, 0.29) is 12.8 Å². The molecule has 0 rings (SSSR count). The van der Waals surface area contributed by atoms with Crippen LogP contribution >= 0.6 is 0 Å². The minimum atomic E-state index is -0.933. The maximum atomic E-state index is 10.1. The van der Waals surface area contributed by atoms with Crippen molar-refractivity contribution in [2.24, 2.45) is 22.9 Å². The quantitative estimate of drug-likeness (QED) is 0.228. The Bertz CT molecular complexity index is 310. The van der Waals surface area contributed by atoms with Crippen LogP contribution in [0.5, 0.6) is 0 Å². The molecule has 0 aromatic heterocycles. The fourth-order valence-corrected chi connectivity index (χ4v) is 1.14. The molecule has 0 amide bonds. The molecule has 0 saturated carbocycles. The molecular weight excluding hydrogens is 320 g/mol. The topological polar surface area (TPSA) is 216 Å². The van der Waals surface area contributed by atoms with Gasteiger partial charge in [0.15, 0.2) is 0 Å². The molecule has 0 heterocycles. The molecule has 0 aromatic carbocycles. The van der Waals surface area contributed by atoms with Gasteiger partial charge in [0.25, 0.3) is 0 Å². The molecule has 0 spiro atoms. The highest BCUT2D eigenvalue weighted by atomic mass is 16.4. The molecule has 10 nitrogen and oxygen atoms in total. The van der Waals surface area contributed by atoms with Crippen molar-refractivity contribution in [3.05, 3.63) is 0 Å². The van der Waals surface area contributed by atoms with Crippen molar-refractivity contribution in [2.75, 3.05) is 19.6 Å². The van der Waals surface area contributed by atoms with Gasteiger partial charge in [-0.25, -0.2) is 0 Å². The van der Waals surface area contributed by atoms with Crippen LogP contribution in [0.3, 0.4) is 0 Å². The second kappa shape index (κ2) is 21.2. The Labute approximate surface area is 142 Å². The van der Waals surface area contributed by atoms with Crippen LogP contribution in [0.4, 0.5) is 0 Å². The number of carboxylic acid groups (broad SMARTS) is 3. The van der Waals surface area contributed by atoms with Crippen molar-refractivity contribution in [2.45, 2.75) is 51.0 Å². The lowest BCUT2D eigenvalue weighted by Crippen LogP contribution is -2.29. The van der Waals surface area contributed by atoms with E-state index in [1.54, 1.807) is 0 Å². The monoisotopic (exact) mass is 352 g/mol. The van der Waals surface area contributed by atoms with Crippen LogP contribution in [-0.4, -0.2) is 58.9 Å². The number of rotatable bonds is 11. The minimum Gasteiger partial charge on any atom is -0.481 e. The molecule has 0 aliphatic carbocycles. The molecule has 144 valence electrons. The molecule has 0 aliphatic rings. The summed E-state index contributed by atoms with van der Waals surface area (Å²) >= 11 is 0. The summed E-state index contributed by atoms with van der Waals surface area (Å²) in [6.45, 7) is 1.53. The van der Waals surface area contributed by atoms with E-state index in [9.17, 15) is 14.4 Å². The Morgan fingerprint density at radius 2 is 1.08 bits per heavy atom. The minimum absolute atomic E-state index is 0.191. The highest BCUT2D eigenvalue weighted by molar-refractivity contribution is 5.72. The summed E-state index contributed by atoms with van der Waals surface area (Å²) in [5.74, 6) is -2.48. The zero-order valence-corrected chi connectivity index (χ0v) is 14.0.